The van der Waals surface area contributed by atoms with Crippen molar-refractivity contribution in [1.29, 1.82) is 0 Å². The number of aliphatic hydroxyl groups is 4. The number of β-amino-alcohol motifs (C(OH)–C–C–N with tert-alkyl or cyclic N) is 1. The molecule has 2 rings (SSSR count). The SMILES string of the molecule is O=C([C@@H]1CCCCN1)N1CCCCCCO[C@H]([C@H](O)CO)[C@H](O)[C@H](O)C1. The first-order chi connectivity index (χ1) is 12.5. The second-order valence-corrected chi connectivity index (χ2v) is 7.34. The van der Waals surface area contributed by atoms with Crippen LogP contribution in [0, 0.1) is 0 Å². The Bertz CT molecular complexity index is 418. The van der Waals surface area contributed by atoms with Gasteiger partial charge >= 0.3 is 0 Å². The van der Waals surface area contributed by atoms with Gasteiger partial charge in [-0.15, -0.1) is 0 Å². The second kappa shape index (κ2) is 11.2. The Labute approximate surface area is 155 Å². The molecule has 0 bridgehead atoms. The van der Waals surface area contributed by atoms with E-state index >= 15 is 0 Å². The van der Waals surface area contributed by atoms with E-state index in [9.17, 15) is 25.2 Å². The summed E-state index contributed by atoms with van der Waals surface area (Å²) < 4.78 is 5.53. The Morgan fingerprint density at radius 3 is 2.62 bits per heavy atom. The van der Waals surface area contributed by atoms with E-state index in [1.165, 1.54) is 0 Å². The van der Waals surface area contributed by atoms with Gasteiger partial charge in [-0.3, -0.25) is 4.79 Å². The van der Waals surface area contributed by atoms with Crippen molar-refractivity contribution in [1.82, 2.24) is 10.2 Å². The first-order valence-electron chi connectivity index (χ1n) is 9.83. The monoisotopic (exact) mass is 374 g/mol. The maximum atomic E-state index is 12.8. The lowest BCUT2D eigenvalue weighted by atomic mass is 10.00. The molecule has 0 aliphatic carbocycles. The van der Waals surface area contributed by atoms with E-state index in [0.29, 0.717) is 13.2 Å². The van der Waals surface area contributed by atoms with Crippen molar-refractivity contribution in [2.24, 2.45) is 0 Å². The molecule has 0 aromatic carbocycles. The summed E-state index contributed by atoms with van der Waals surface area (Å²) >= 11 is 0. The van der Waals surface area contributed by atoms with Gasteiger partial charge in [0.15, 0.2) is 0 Å². The van der Waals surface area contributed by atoms with Crippen LogP contribution in [0.15, 0.2) is 0 Å². The van der Waals surface area contributed by atoms with Gasteiger partial charge in [0.05, 0.1) is 12.6 Å². The Balaban J connectivity index is 2.07. The summed E-state index contributed by atoms with van der Waals surface area (Å²) in [7, 11) is 0. The van der Waals surface area contributed by atoms with Gasteiger partial charge in [-0.25, -0.2) is 0 Å². The fourth-order valence-corrected chi connectivity index (χ4v) is 3.65. The smallest absolute Gasteiger partial charge is 0.239 e. The van der Waals surface area contributed by atoms with E-state index in [0.717, 1.165) is 51.5 Å². The third-order valence-corrected chi connectivity index (χ3v) is 5.26. The molecular weight excluding hydrogens is 340 g/mol. The molecule has 0 aromatic rings. The summed E-state index contributed by atoms with van der Waals surface area (Å²) in [6.45, 7) is 1.11. The van der Waals surface area contributed by atoms with E-state index in [-0.39, 0.29) is 18.5 Å². The number of hydrogen-bond acceptors (Lipinski definition) is 7. The molecule has 0 saturated carbocycles. The van der Waals surface area contributed by atoms with Crippen molar-refractivity contribution in [2.45, 2.75) is 75.4 Å². The van der Waals surface area contributed by atoms with Crippen LogP contribution < -0.4 is 5.32 Å². The van der Waals surface area contributed by atoms with Crippen LogP contribution in [0.3, 0.4) is 0 Å². The van der Waals surface area contributed by atoms with E-state index in [2.05, 4.69) is 5.32 Å². The first-order valence-corrected chi connectivity index (χ1v) is 9.83. The van der Waals surface area contributed by atoms with Crippen LogP contribution in [0.1, 0.15) is 44.9 Å². The Hall–Kier alpha value is -0.770. The van der Waals surface area contributed by atoms with Crippen molar-refractivity contribution in [2.75, 3.05) is 32.8 Å². The second-order valence-electron chi connectivity index (χ2n) is 7.34. The fraction of sp³-hybridized carbons (Fsp3) is 0.944. The molecule has 2 aliphatic heterocycles. The molecule has 2 fully saturated rings. The van der Waals surface area contributed by atoms with Crippen LogP contribution >= 0.6 is 0 Å². The molecule has 26 heavy (non-hydrogen) atoms. The van der Waals surface area contributed by atoms with Gasteiger partial charge in [0.1, 0.15) is 24.4 Å². The number of carbonyl (C=O) groups is 1. The summed E-state index contributed by atoms with van der Waals surface area (Å²) in [5, 5.41) is 43.2. The molecular formula is C18H34N2O6. The lowest BCUT2D eigenvalue weighted by Crippen LogP contribution is -2.55. The van der Waals surface area contributed by atoms with Crippen molar-refractivity contribution in [3.8, 4) is 0 Å². The molecule has 8 nitrogen and oxygen atoms in total. The van der Waals surface area contributed by atoms with Crippen molar-refractivity contribution < 1.29 is 30.0 Å². The van der Waals surface area contributed by atoms with Gasteiger partial charge in [-0.1, -0.05) is 19.3 Å². The molecule has 5 N–H and O–H groups in total. The molecule has 0 radical (unpaired) electrons. The van der Waals surface area contributed by atoms with Crippen LogP contribution in [0.2, 0.25) is 0 Å². The van der Waals surface area contributed by atoms with Gasteiger partial charge in [0.2, 0.25) is 5.91 Å². The van der Waals surface area contributed by atoms with Gasteiger partial charge in [-0.05, 0) is 32.2 Å². The zero-order valence-corrected chi connectivity index (χ0v) is 15.4. The van der Waals surface area contributed by atoms with Crippen LogP contribution in [0.5, 0.6) is 0 Å². The molecule has 5 atom stereocenters. The average molecular weight is 374 g/mol. The predicted octanol–water partition coefficient (Wildman–Crippen LogP) is -1.01. The molecule has 152 valence electrons. The Kier molecular flexibility index (Phi) is 9.24. The zero-order valence-electron chi connectivity index (χ0n) is 15.4. The van der Waals surface area contributed by atoms with Gasteiger partial charge < -0.3 is 35.4 Å². The Morgan fingerprint density at radius 1 is 1.15 bits per heavy atom. The number of hydrogen-bond donors (Lipinski definition) is 5. The minimum atomic E-state index is -1.38. The number of carbonyl (C=O) groups excluding carboxylic acids is 1. The van der Waals surface area contributed by atoms with E-state index in [4.69, 9.17) is 4.74 Å². The van der Waals surface area contributed by atoms with Gasteiger partial charge in [0.25, 0.3) is 0 Å². The minimum Gasteiger partial charge on any atom is -0.394 e. The highest BCUT2D eigenvalue weighted by Crippen LogP contribution is 2.16. The average Bonchev–Trinajstić information content (AvgIpc) is 2.67. The minimum absolute atomic E-state index is 0.0177. The maximum absolute atomic E-state index is 12.8. The number of amides is 1. The molecule has 2 heterocycles. The molecule has 1 amide bonds. The van der Waals surface area contributed by atoms with Crippen molar-refractivity contribution in [3.63, 3.8) is 0 Å². The fourth-order valence-electron chi connectivity index (χ4n) is 3.65. The zero-order chi connectivity index (χ0) is 18.9. The Morgan fingerprint density at radius 2 is 1.92 bits per heavy atom. The lowest BCUT2D eigenvalue weighted by Gasteiger charge is -2.35. The summed E-state index contributed by atoms with van der Waals surface area (Å²) in [4.78, 5) is 14.5. The van der Waals surface area contributed by atoms with Crippen molar-refractivity contribution in [3.05, 3.63) is 0 Å². The highest BCUT2D eigenvalue weighted by molar-refractivity contribution is 5.82. The molecule has 0 aromatic heterocycles. The third kappa shape index (κ3) is 6.14. The lowest BCUT2D eigenvalue weighted by molar-refractivity contribution is -0.153. The van der Waals surface area contributed by atoms with Crippen LogP contribution in [-0.2, 0) is 9.53 Å². The molecule has 2 aliphatic rings. The largest absolute Gasteiger partial charge is 0.394 e. The summed E-state index contributed by atoms with van der Waals surface area (Å²) in [5.74, 6) is -0.0480. The maximum Gasteiger partial charge on any atom is 0.239 e. The summed E-state index contributed by atoms with van der Waals surface area (Å²) in [6, 6.07) is -0.240. The number of ether oxygens (including phenoxy) is 1. The summed E-state index contributed by atoms with van der Waals surface area (Å²) in [5.41, 5.74) is 0. The van der Waals surface area contributed by atoms with Crippen molar-refractivity contribution >= 4 is 5.91 Å². The first kappa shape index (κ1) is 21.5. The van der Waals surface area contributed by atoms with Crippen LogP contribution in [0.25, 0.3) is 0 Å². The van der Waals surface area contributed by atoms with Crippen LogP contribution in [0.4, 0.5) is 0 Å². The molecule has 0 spiro atoms. The van der Waals surface area contributed by atoms with E-state index in [1.54, 1.807) is 4.90 Å². The topological polar surface area (TPSA) is 122 Å². The quantitative estimate of drug-likeness (QED) is 0.429. The number of aliphatic hydroxyl groups excluding tert-OH is 4. The molecule has 8 heteroatoms. The van der Waals surface area contributed by atoms with E-state index < -0.39 is 31.0 Å². The predicted molar refractivity (Wildman–Crippen MR) is 95.5 cm³/mol. The summed E-state index contributed by atoms with van der Waals surface area (Å²) in [6.07, 6.45) is 1.29. The number of rotatable bonds is 3. The normalized spacial score (nSPS) is 33.8. The van der Waals surface area contributed by atoms with E-state index in [1.807, 2.05) is 0 Å². The molecule has 0 unspecified atom stereocenters. The number of nitrogens with one attached hydrogen (secondary N) is 1. The third-order valence-electron chi connectivity index (χ3n) is 5.26. The standard InChI is InChI=1S/C18H34N2O6/c21-12-15(23)17-16(24)14(22)11-20(9-5-1-2-6-10-26-17)18(25)13-7-3-4-8-19-13/h13-17,19,21-24H,1-12H2/t13-,14+,15+,16+,17+/m0/s1. The highest BCUT2D eigenvalue weighted by atomic mass is 16.5. The number of piperidine rings is 1. The van der Waals surface area contributed by atoms with Gasteiger partial charge in [0, 0.05) is 19.7 Å². The van der Waals surface area contributed by atoms with Gasteiger partial charge in [-0.2, -0.15) is 0 Å². The number of nitrogens with zero attached hydrogens (tertiary/aromatic N) is 1. The molecule has 2 saturated heterocycles. The van der Waals surface area contributed by atoms with Crippen LogP contribution in [-0.4, -0.2) is 94.5 Å². The highest BCUT2D eigenvalue weighted by Gasteiger charge is 2.35.